The molecule has 6 heteroatoms. The zero-order valence-corrected chi connectivity index (χ0v) is 28.5. The van der Waals surface area contributed by atoms with Crippen molar-refractivity contribution in [1.82, 2.24) is 19.5 Å². The molecule has 0 spiro atoms. The van der Waals surface area contributed by atoms with Crippen LogP contribution in [0.15, 0.2) is 164 Å². The average Bonchev–Trinajstić information content (AvgIpc) is 3.77. The average molecular weight is 682 g/mol. The summed E-state index contributed by atoms with van der Waals surface area (Å²) in [7, 11) is 0. The molecule has 3 aromatic heterocycles. The van der Waals surface area contributed by atoms with Gasteiger partial charge in [0.25, 0.3) is 0 Å². The Morgan fingerprint density at radius 3 is 1.85 bits per heavy atom. The Balaban J connectivity index is 1.25. The van der Waals surface area contributed by atoms with E-state index in [0.29, 0.717) is 23.0 Å². The highest BCUT2D eigenvalue weighted by atomic mass is 32.1. The van der Waals surface area contributed by atoms with Crippen molar-refractivity contribution in [2.24, 2.45) is 0 Å². The summed E-state index contributed by atoms with van der Waals surface area (Å²) in [5.74, 6) is 1.79. The quantitative estimate of drug-likeness (QED) is 0.181. The van der Waals surface area contributed by atoms with E-state index in [0.717, 1.165) is 44.5 Å². The summed E-state index contributed by atoms with van der Waals surface area (Å²) in [6.45, 7) is 0. The fraction of sp³-hybridized carbons (Fsp3) is 0. The Kier molecular flexibility index (Phi) is 6.98. The molecule has 0 aliphatic rings. The highest BCUT2D eigenvalue weighted by molar-refractivity contribution is 7.26. The molecule has 0 radical (unpaired) electrons. The fourth-order valence-electron chi connectivity index (χ4n) is 7.29. The van der Waals surface area contributed by atoms with Crippen LogP contribution in [0.3, 0.4) is 0 Å². The minimum atomic E-state index is 0.575. The first-order valence-corrected chi connectivity index (χ1v) is 17.9. The van der Waals surface area contributed by atoms with Crippen molar-refractivity contribution < 1.29 is 0 Å². The van der Waals surface area contributed by atoms with Gasteiger partial charge < -0.3 is 4.57 Å². The molecule has 0 fully saturated rings. The van der Waals surface area contributed by atoms with E-state index in [1.807, 2.05) is 90.2 Å². The predicted molar refractivity (Wildman–Crippen MR) is 214 cm³/mol. The van der Waals surface area contributed by atoms with Crippen molar-refractivity contribution in [2.75, 3.05) is 0 Å². The molecule has 0 aliphatic carbocycles. The predicted octanol–water partition coefficient (Wildman–Crippen LogP) is 11.9. The van der Waals surface area contributed by atoms with Gasteiger partial charge in [-0.05, 0) is 54.1 Å². The standard InChI is InChI=1S/C46H27N5S/c47-28-29-12-11-17-32(26-29)37-27-33(46-49-44(30-13-3-1-4-14-30)48-45(50-46)31-15-5-2-6-16-31)22-24-39(37)51-38-20-9-7-19-36(38)42-40(51)25-23-35-34-18-8-10-21-41(34)52-43(35)42/h1-27H. The lowest BCUT2D eigenvalue weighted by molar-refractivity contribution is 1.07. The number of aromatic nitrogens is 4. The van der Waals surface area contributed by atoms with Crippen LogP contribution in [0.25, 0.3) is 93.0 Å². The number of rotatable bonds is 5. The van der Waals surface area contributed by atoms with Gasteiger partial charge in [0.2, 0.25) is 0 Å². The molecule has 5 nitrogen and oxygen atoms in total. The molecule has 242 valence electrons. The zero-order valence-electron chi connectivity index (χ0n) is 27.7. The lowest BCUT2D eigenvalue weighted by Gasteiger charge is -2.16. The number of nitrogens with zero attached hydrogens (tertiary/aromatic N) is 5. The Morgan fingerprint density at radius 2 is 1.12 bits per heavy atom. The molecular weight excluding hydrogens is 655 g/mol. The summed E-state index contributed by atoms with van der Waals surface area (Å²) in [6.07, 6.45) is 0. The van der Waals surface area contributed by atoms with E-state index < -0.39 is 0 Å². The van der Waals surface area contributed by atoms with Crippen LogP contribution in [-0.2, 0) is 0 Å². The topological polar surface area (TPSA) is 67.4 Å². The first-order chi connectivity index (χ1) is 25.7. The SMILES string of the molecule is N#Cc1cccc(-c2cc(-c3nc(-c4ccccc4)nc(-c4ccccc4)n3)ccc2-n2c3ccccc3c3c4sc5ccccc5c4ccc32)c1. The number of fused-ring (bicyclic) bond motifs is 7. The molecule has 0 bridgehead atoms. The number of benzene rings is 7. The van der Waals surface area contributed by atoms with Crippen LogP contribution >= 0.6 is 11.3 Å². The van der Waals surface area contributed by atoms with E-state index >= 15 is 0 Å². The fourth-order valence-corrected chi connectivity index (χ4v) is 8.55. The van der Waals surface area contributed by atoms with Crippen LogP contribution < -0.4 is 0 Å². The van der Waals surface area contributed by atoms with Crippen LogP contribution in [0, 0.1) is 11.3 Å². The van der Waals surface area contributed by atoms with E-state index in [1.165, 1.54) is 30.9 Å². The molecular formula is C46H27N5S. The number of nitriles is 1. The first kappa shape index (κ1) is 29.9. The van der Waals surface area contributed by atoms with Crippen molar-refractivity contribution >= 4 is 53.3 Å². The molecule has 10 rings (SSSR count). The first-order valence-electron chi connectivity index (χ1n) is 17.1. The van der Waals surface area contributed by atoms with Gasteiger partial charge >= 0.3 is 0 Å². The van der Waals surface area contributed by atoms with Crippen molar-refractivity contribution in [3.05, 3.63) is 169 Å². The molecule has 3 heterocycles. The van der Waals surface area contributed by atoms with Gasteiger partial charge in [-0.2, -0.15) is 5.26 Å². The normalized spacial score (nSPS) is 11.4. The highest BCUT2D eigenvalue weighted by Crippen LogP contribution is 2.44. The van der Waals surface area contributed by atoms with E-state index in [2.05, 4.69) is 95.6 Å². The van der Waals surface area contributed by atoms with Crippen LogP contribution in [0.4, 0.5) is 0 Å². The van der Waals surface area contributed by atoms with Crippen molar-refractivity contribution in [2.45, 2.75) is 0 Å². The number of hydrogen-bond acceptors (Lipinski definition) is 5. The molecule has 0 amide bonds. The Labute approximate surface area is 303 Å². The van der Waals surface area contributed by atoms with Crippen molar-refractivity contribution in [3.63, 3.8) is 0 Å². The van der Waals surface area contributed by atoms with Crippen LogP contribution in [0.5, 0.6) is 0 Å². The smallest absolute Gasteiger partial charge is 0.164 e. The summed E-state index contributed by atoms with van der Waals surface area (Å²) in [5.41, 5.74) is 8.44. The molecule has 0 unspecified atom stereocenters. The molecule has 0 N–H and O–H groups in total. The second-order valence-corrected chi connectivity index (χ2v) is 13.8. The Morgan fingerprint density at radius 1 is 0.481 bits per heavy atom. The number of thiophene rings is 1. The molecule has 0 saturated heterocycles. The van der Waals surface area contributed by atoms with Gasteiger partial charge in [0.1, 0.15) is 0 Å². The van der Waals surface area contributed by atoms with Gasteiger partial charge in [0.05, 0.1) is 28.4 Å². The minimum Gasteiger partial charge on any atom is -0.309 e. The Hall–Kier alpha value is -6.94. The van der Waals surface area contributed by atoms with E-state index in [1.54, 1.807) is 0 Å². The van der Waals surface area contributed by atoms with Gasteiger partial charge in [-0.15, -0.1) is 11.3 Å². The van der Waals surface area contributed by atoms with Crippen LogP contribution in [-0.4, -0.2) is 19.5 Å². The summed E-state index contributed by atoms with van der Waals surface area (Å²) < 4.78 is 4.93. The largest absolute Gasteiger partial charge is 0.309 e. The van der Waals surface area contributed by atoms with Crippen molar-refractivity contribution in [1.29, 1.82) is 5.26 Å². The monoisotopic (exact) mass is 681 g/mol. The third-order valence-corrected chi connectivity index (χ3v) is 10.9. The summed E-state index contributed by atoms with van der Waals surface area (Å²) in [5, 5.41) is 14.9. The molecule has 0 aliphatic heterocycles. The van der Waals surface area contributed by atoms with E-state index in [9.17, 15) is 5.26 Å². The molecule has 7 aromatic carbocycles. The van der Waals surface area contributed by atoms with Crippen molar-refractivity contribution in [3.8, 4) is 57.0 Å². The highest BCUT2D eigenvalue weighted by Gasteiger charge is 2.21. The maximum atomic E-state index is 9.93. The van der Waals surface area contributed by atoms with E-state index in [4.69, 9.17) is 15.0 Å². The molecule has 10 aromatic rings. The molecule has 0 atom stereocenters. The third kappa shape index (κ3) is 4.87. The number of hydrogen-bond donors (Lipinski definition) is 0. The maximum absolute atomic E-state index is 9.93. The van der Waals surface area contributed by atoms with Gasteiger partial charge in [0, 0.05) is 53.2 Å². The van der Waals surface area contributed by atoms with Gasteiger partial charge in [-0.1, -0.05) is 115 Å². The third-order valence-electron chi connectivity index (χ3n) is 9.68. The van der Waals surface area contributed by atoms with E-state index in [-0.39, 0.29) is 0 Å². The lowest BCUT2D eigenvalue weighted by Crippen LogP contribution is -2.02. The van der Waals surface area contributed by atoms with Gasteiger partial charge in [-0.25, -0.2) is 15.0 Å². The van der Waals surface area contributed by atoms with Gasteiger partial charge in [-0.3, -0.25) is 0 Å². The maximum Gasteiger partial charge on any atom is 0.164 e. The number of para-hydroxylation sites is 1. The minimum absolute atomic E-state index is 0.575. The second-order valence-electron chi connectivity index (χ2n) is 12.7. The summed E-state index contributed by atoms with van der Waals surface area (Å²) >= 11 is 1.85. The zero-order chi connectivity index (χ0) is 34.6. The molecule has 52 heavy (non-hydrogen) atoms. The van der Waals surface area contributed by atoms with Crippen LogP contribution in [0.2, 0.25) is 0 Å². The second kappa shape index (κ2) is 12.1. The Bertz CT molecular complexity index is 2970. The van der Waals surface area contributed by atoms with Gasteiger partial charge in [0.15, 0.2) is 17.5 Å². The summed E-state index contributed by atoms with van der Waals surface area (Å²) in [4.78, 5) is 15.0. The lowest BCUT2D eigenvalue weighted by atomic mass is 9.98. The molecule has 0 saturated carbocycles. The summed E-state index contributed by atoms with van der Waals surface area (Å²) in [6, 6.07) is 58.4. The van der Waals surface area contributed by atoms with Crippen LogP contribution in [0.1, 0.15) is 5.56 Å².